The Balaban J connectivity index is 1.95. The first kappa shape index (κ1) is 16.4. The summed E-state index contributed by atoms with van der Waals surface area (Å²) in [6, 6.07) is 11.1. The second-order valence-corrected chi connectivity index (χ2v) is 6.62. The minimum absolute atomic E-state index is 0.00578. The van der Waals surface area contributed by atoms with Crippen LogP contribution in [0.4, 0.5) is 8.78 Å². The molecule has 2 rings (SSSR count). The highest BCUT2D eigenvalue weighted by molar-refractivity contribution is 9.10. The molecule has 0 aliphatic rings. The average molecular weight is 373 g/mol. The summed E-state index contributed by atoms with van der Waals surface area (Å²) in [5, 5.41) is 0. The summed E-state index contributed by atoms with van der Waals surface area (Å²) in [6.45, 7) is 0. The predicted octanol–water partition coefficient (Wildman–Crippen LogP) is 3.89. The smallest absolute Gasteiger partial charge is 0.124 e. The molecule has 0 amide bonds. The van der Waals surface area contributed by atoms with Gasteiger partial charge in [0.05, 0.1) is 0 Å². The van der Waals surface area contributed by atoms with E-state index in [0.717, 1.165) is 10.5 Å². The molecule has 1 unspecified atom stereocenters. The van der Waals surface area contributed by atoms with Gasteiger partial charge < -0.3 is 0 Å². The fourth-order valence-corrected chi connectivity index (χ4v) is 3.36. The van der Waals surface area contributed by atoms with Gasteiger partial charge >= 0.3 is 0 Å². The van der Waals surface area contributed by atoms with Crippen molar-refractivity contribution < 1.29 is 8.78 Å². The van der Waals surface area contributed by atoms with Crippen molar-refractivity contribution in [3.63, 3.8) is 0 Å². The quantitative estimate of drug-likeness (QED) is 0.458. The molecule has 0 saturated heterocycles. The van der Waals surface area contributed by atoms with Gasteiger partial charge in [-0.05, 0) is 54.4 Å². The maximum absolute atomic E-state index is 13.3. The molecule has 0 saturated carbocycles. The number of rotatable bonds is 6. The van der Waals surface area contributed by atoms with Crippen LogP contribution >= 0.6 is 27.7 Å². The first-order chi connectivity index (χ1) is 10.1. The van der Waals surface area contributed by atoms with Crippen molar-refractivity contribution in [1.82, 2.24) is 5.43 Å². The molecule has 0 aliphatic carbocycles. The molecule has 0 heterocycles. The largest absolute Gasteiger partial charge is 0.271 e. The van der Waals surface area contributed by atoms with E-state index >= 15 is 0 Å². The number of halogens is 3. The SMILES string of the molecule is NNC(CSc1ccc(F)cc1)Cc1cc(F)cc(Br)c1. The summed E-state index contributed by atoms with van der Waals surface area (Å²) in [4.78, 5) is 0.970. The van der Waals surface area contributed by atoms with Crippen molar-refractivity contribution in [1.29, 1.82) is 0 Å². The highest BCUT2D eigenvalue weighted by atomic mass is 79.9. The van der Waals surface area contributed by atoms with Crippen LogP contribution in [0.3, 0.4) is 0 Å². The summed E-state index contributed by atoms with van der Waals surface area (Å²) in [6.07, 6.45) is 0.612. The molecule has 0 radical (unpaired) electrons. The van der Waals surface area contributed by atoms with E-state index in [9.17, 15) is 8.78 Å². The molecule has 112 valence electrons. The van der Waals surface area contributed by atoms with E-state index in [1.54, 1.807) is 23.9 Å². The molecule has 0 fully saturated rings. The number of nitrogens with two attached hydrogens (primary N) is 1. The van der Waals surface area contributed by atoms with E-state index in [1.807, 2.05) is 6.07 Å². The molecule has 6 heteroatoms. The molecule has 1 atom stereocenters. The Morgan fingerprint density at radius 1 is 1.10 bits per heavy atom. The van der Waals surface area contributed by atoms with Gasteiger partial charge in [0.15, 0.2) is 0 Å². The van der Waals surface area contributed by atoms with Gasteiger partial charge in [0.1, 0.15) is 11.6 Å². The van der Waals surface area contributed by atoms with Crippen LogP contribution in [0.2, 0.25) is 0 Å². The van der Waals surface area contributed by atoms with E-state index < -0.39 is 0 Å². The van der Waals surface area contributed by atoms with Gasteiger partial charge in [-0.3, -0.25) is 11.3 Å². The third-order valence-electron chi connectivity index (χ3n) is 2.90. The number of benzene rings is 2. The summed E-state index contributed by atoms with van der Waals surface area (Å²) in [5.74, 6) is 5.73. The number of nitrogens with one attached hydrogen (secondary N) is 1. The third kappa shape index (κ3) is 5.39. The minimum atomic E-state index is -0.277. The maximum Gasteiger partial charge on any atom is 0.124 e. The lowest BCUT2D eigenvalue weighted by molar-refractivity contribution is 0.570. The van der Waals surface area contributed by atoms with Crippen LogP contribution in [0.1, 0.15) is 5.56 Å². The molecule has 2 nitrogen and oxygen atoms in total. The zero-order valence-electron chi connectivity index (χ0n) is 11.2. The number of hydrogen-bond donors (Lipinski definition) is 2. The van der Waals surface area contributed by atoms with Crippen molar-refractivity contribution in [3.05, 3.63) is 64.1 Å². The summed E-state index contributed by atoms with van der Waals surface area (Å²) in [5.41, 5.74) is 3.60. The first-order valence-corrected chi connectivity index (χ1v) is 8.14. The molecule has 0 aromatic heterocycles. The average Bonchev–Trinajstić information content (AvgIpc) is 2.44. The van der Waals surface area contributed by atoms with Gasteiger partial charge in [-0.25, -0.2) is 8.78 Å². The Hall–Kier alpha value is -0.950. The lowest BCUT2D eigenvalue weighted by atomic mass is 10.1. The molecule has 0 bridgehead atoms. The van der Waals surface area contributed by atoms with Gasteiger partial charge in [0.2, 0.25) is 0 Å². The summed E-state index contributed by atoms with van der Waals surface area (Å²) >= 11 is 4.85. The van der Waals surface area contributed by atoms with E-state index in [1.165, 1.54) is 24.3 Å². The van der Waals surface area contributed by atoms with E-state index in [0.29, 0.717) is 16.6 Å². The minimum Gasteiger partial charge on any atom is -0.271 e. The zero-order valence-corrected chi connectivity index (χ0v) is 13.6. The Labute approximate surface area is 135 Å². The second-order valence-electron chi connectivity index (χ2n) is 4.61. The predicted molar refractivity (Wildman–Crippen MR) is 86.0 cm³/mol. The van der Waals surface area contributed by atoms with E-state index in [2.05, 4.69) is 21.4 Å². The van der Waals surface area contributed by atoms with Gasteiger partial charge in [0.25, 0.3) is 0 Å². The van der Waals surface area contributed by atoms with Crippen LogP contribution in [-0.4, -0.2) is 11.8 Å². The van der Waals surface area contributed by atoms with Crippen molar-refractivity contribution in [2.24, 2.45) is 5.84 Å². The molecular weight excluding hydrogens is 358 g/mol. The Morgan fingerprint density at radius 2 is 1.81 bits per heavy atom. The van der Waals surface area contributed by atoms with Crippen LogP contribution in [0.25, 0.3) is 0 Å². The van der Waals surface area contributed by atoms with Gasteiger partial charge in [0, 0.05) is 21.2 Å². The van der Waals surface area contributed by atoms with Crippen molar-refractivity contribution in [2.75, 3.05) is 5.75 Å². The zero-order chi connectivity index (χ0) is 15.2. The molecule has 2 aromatic rings. The van der Waals surface area contributed by atoms with Gasteiger partial charge in [-0.1, -0.05) is 15.9 Å². The second kappa shape index (κ2) is 7.89. The standard InChI is InChI=1S/C15H15BrF2N2S/c16-11-5-10(6-13(18)8-11)7-14(20-19)9-21-15-3-1-12(17)2-4-15/h1-6,8,14,20H,7,9,19H2. The first-order valence-electron chi connectivity index (χ1n) is 6.36. The van der Waals surface area contributed by atoms with Crippen LogP contribution in [-0.2, 0) is 6.42 Å². The molecule has 0 aliphatic heterocycles. The van der Waals surface area contributed by atoms with Crippen molar-refractivity contribution in [2.45, 2.75) is 17.4 Å². The molecule has 3 N–H and O–H groups in total. The molecular formula is C15H15BrF2N2S. The Kier molecular flexibility index (Phi) is 6.17. The lowest BCUT2D eigenvalue weighted by Crippen LogP contribution is -2.38. The molecule has 21 heavy (non-hydrogen) atoms. The van der Waals surface area contributed by atoms with E-state index in [4.69, 9.17) is 5.84 Å². The fourth-order valence-electron chi connectivity index (χ4n) is 1.91. The lowest BCUT2D eigenvalue weighted by Gasteiger charge is -2.16. The third-order valence-corrected chi connectivity index (χ3v) is 4.54. The summed E-state index contributed by atoms with van der Waals surface area (Å²) in [7, 11) is 0. The van der Waals surface area contributed by atoms with Crippen LogP contribution < -0.4 is 11.3 Å². The normalized spacial score (nSPS) is 12.4. The number of hydrogen-bond acceptors (Lipinski definition) is 3. The highest BCUT2D eigenvalue weighted by Crippen LogP contribution is 2.21. The van der Waals surface area contributed by atoms with Crippen molar-refractivity contribution in [3.8, 4) is 0 Å². The van der Waals surface area contributed by atoms with Gasteiger partial charge in [-0.2, -0.15) is 0 Å². The van der Waals surface area contributed by atoms with Gasteiger partial charge in [-0.15, -0.1) is 11.8 Å². The van der Waals surface area contributed by atoms with Crippen LogP contribution in [0, 0.1) is 11.6 Å². The Bertz CT molecular complexity index is 572. The van der Waals surface area contributed by atoms with Crippen LogP contribution in [0.5, 0.6) is 0 Å². The highest BCUT2D eigenvalue weighted by Gasteiger charge is 2.10. The number of hydrazine groups is 1. The van der Waals surface area contributed by atoms with E-state index in [-0.39, 0.29) is 17.7 Å². The molecule has 0 spiro atoms. The fraction of sp³-hybridized carbons (Fsp3) is 0.200. The van der Waals surface area contributed by atoms with Crippen molar-refractivity contribution >= 4 is 27.7 Å². The monoisotopic (exact) mass is 372 g/mol. The topological polar surface area (TPSA) is 38.0 Å². The molecule has 2 aromatic carbocycles. The van der Waals surface area contributed by atoms with Crippen LogP contribution in [0.15, 0.2) is 51.8 Å². The maximum atomic E-state index is 13.3. The summed E-state index contributed by atoms with van der Waals surface area (Å²) < 4.78 is 26.9. The number of thioether (sulfide) groups is 1. The Morgan fingerprint density at radius 3 is 2.43 bits per heavy atom.